The monoisotopic (exact) mass is 393 g/mol. The normalized spacial score (nSPS) is 20.1. The van der Waals surface area contributed by atoms with E-state index < -0.39 is 5.79 Å². The molecule has 1 spiro atoms. The minimum atomic E-state index is -0.523. The van der Waals surface area contributed by atoms with Crippen molar-refractivity contribution in [1.29, 1.82) is 0 Å². The number of anilines is 1. The summed E-state index contributed by atoms with van der Waals surface area (Å²) in [7, 11) is 0. The zero-order valence-electron chi connectivity index (χ0n) is 16.2. The zero-order chi connectivity index (χ0) is 19.8. The number of hydrogen-bond donors (Lipinski definition) is 0. The van der Waals surface area contributed by atoms with Gasteiger partial charge < -0.3 is 19.3 Å². The Labute approximate surface area is 169 Å². The minimum absolute atomic E-state index is 0.100. The molecule has 2 amide bonds. The quantitative estimate of drug-likeness (QED) is 0.783. The van der Waals surface area contributed by atoms with Gasteiger partial charge in [-0.25, -0.2) is 0 Å². The highest BCUT2D eigenvalue weighted by Crippen LogP contribution is 2.32. The number of carbonyl (C=O) groups excluding carboxylic acids is 2. The highest BCUT2D eigenvalue weighted by Gasteiger charge is 2.41. The van der Waals surface area contributed by atoms with Gasteiger partial charge in [-0.1, -0.05) is 18.2 Å². The first-order valence-electron chi connectivity index (χ1n) is 10.1. The molecule has 0 unspecified atom stereocenters. The van der Waals surface area contributed by atoms with Gasteiger partial charge in [0.1, 0.15) is 5.69 Å². The van der Waals surface area contributed by atoms with Crippen LogP contribution in [0.3, 0.4) is 0 Å². The Bertz CT molecular complexity index is 945. The van der Waals surface area contributed by atoms with Crippen LogP contribution in [0.2, 0.25) is 0 Å². The highest BCUT2D eigenvalue weighted by molar-refractivity contribution is 6.08. The summed E-state index contributed by atoms with van der Waals surface area (Å²) in [4.78, 5) is 33.8. The van der Waals surface area contributed by atoms with Crippen molar-refractivity contribution in [2.75, 3.05) is 37.7 Å². The van der Waals surface area contributed by atoms with Gasteiger partial charge in [0.05, 0.1) is 13.2 Å². The van der Waals surface area contributed by atoms with Gasteiger partial charge in [0.2, 0.25) is 0 Å². The number of piperidine rings is 1. The third-order valence-electron chi connectivity index (χ3n) is 5.98. The first-order valence-corrected chi connectivity index (χ1v) is 10.1. The highest BCUT2D eigenvalue weighted by atomic mass is 16.7. The molecule has 29 heavy (non-hydrogen) atoms. The van der Waals surface area contributed by atoms with Crippen molar-refractivity contribution in [2.24, 2.45) is 0 Å². The molecule has 7 nitrogen and oxygen atoms in total. The number of para-hydroxylation sites is 1. The standard InChI is InChI=1S/C22H23N3O4/c26-20(25-10-6-16-3-1-2-4-19(16)25)17-5-9-23-18(15-17)21(27)24-11-7-22(8-12-24)28-13-14-29-22/h1-5,9,15H,6-8,10-14H2. The Hall–Kier alpha value is -2.77. The lowest BCUT2D eigenvalue weighted by Gasteiger charge is -2.37. The molecule has 3 aliphatic heterocycles. The van der Waals surface area contributed by atoms with Crippen LogP contribution in [-0.4, -0.2) is 60.3 Å². The molecule has 2 fully saturated rings. The largest absolute Gasteiger partial charge is 0.347 e. The summed E-state index contributed by atoms with van der Waals surface area (Å²) in [5.41, 5.74) is 2.90. The Balaban J connectivity index is 1.31. The van der Waals surface area contributed by atoms with Crippen LogP contribution in [0.4, 0.5) is 5.69 Å². The lowest BCUT2D eigenvalue weighted by Crippen LogP contribution is -2.47. The second-order valence-corrected chi connectivity index (χ2v) is 7.67. The van der Waals surface area contributed by atoms with Crippen molar-refractivity contribution in [3.05, 3.63) is 59.4 Å². The van der Waals surface area contributed by atoms with Crippen molar-refractivity contribution in [3.8, 4) is 0 Å². The molecule has 0 atom stereocenters. The average molecular weight is 393 g/mol. The first-order chi connectivity index (χ1) is 14.2. The second-order valence-electron chi connectivity index (χ2n) is 7.67. The number of nitrogens with zero attached hydrogens (tertiary/aromatic N) is 3. The Morgan fingerprint density at radius 2 is 1.72 bits per heavy atom. The molecule has 150 valence electrons. The molecule has 0 aliphatic carbocycles. The fraction of sp³-hybridized carbons (Fsp3) is 0.409. The van der Waals surface area contributed by atoms with E-state index in [1.807, 2.05) is 24.3 Å². The third kappa shape index (κ3) is 3.30. The summed E-state index contributed by atoms with van der Waals surface area (Å²) < 4.78 is 11.5. The maximum Gasteiger partial charge on any atom is 0.272 e. The average Bonchev–Trinajstić information content (AvgIpc) is 3.41. The summed E-state index contributed by atoms with van der Waals surface area (Å²) in [6.07, 6.45) is 3.69. The van der Waals surface area contributed by atoms with Gasteiger partial charge in [-0.15, -0.1) is 0 Å². The van der Waals surface area contributed by atoms with E-state index in [4.69, 9.17) is 9.47 Å². The van der Waals surface area contributed by atoms with Gasteiger partial charge in [0, 0.05) is 49.9 Å². The number of hydrogen-bond acceptors (Lipinski definition) is 5. The van der Waals surface area contributed by atoms with Crippen LogP contribution in [0.25, 0.3) is 0 Å². The van der Waals surface area contributed by atoms with Gasteiger partial charge in [0.25, 0.3) is 11.8 Å². The molecule has 3 aliphatic rings. The zero-order valence-corrected chi connectivity index (χ0v) is 16.2. The van der Waals surface area contributed by atoms with E-state index in [-0.39, 0.29) is 11.8 Å². The SMILES string of the molecule is O=C(c1cc(C(=O)N2CCc3ccccc32)ccn1)N1CCC2(CC1)OCCO2. The summed E-state index contributed by atoms with van der Waals surface area (Å²) >= 11 is 0. The molecule has 0 bridgehead atoms. The molecule has 5 rings (SSSR count). The number of ether oxygens (including phenoxy) is 2. The van der Waals surface area contributed by atoms with Crippen LogP contribution in [-0.2, 0) is 15.9 Å². The molecule has 4 heterocycles. The molecular weight excluding hydrogens is 370 g/mol. The number of fused-ring (bicyclic) bond motifs is 1. The lowest BCUT2D eigenvalue weighted by molar-refractivity contribution is -0.181. The van der Waals surface area contributed by atoms with Gasteiger partial charge in [-0.05, 0) is 30.2 Å². The number of likely N-dealkylation sites (tertiary alicyclic amines) is 1. The topological polar surface area (TPSA) is 72.0 Å². The lowest BCUT2D eigenvalue weighted by atomic mass is 10.0. The Morgan fingerprint density at radius 3 is 2.52 bits per heavy atom. The fourth-order valence-electron chi connectivity index (χ4n) is 4.38. The van der Waals surface area contributed by atoms with Gasteiger partial charge in [0.15, 0.2) is 5.79 Å². The van der Waals surface area contributed by atoms with Crippen LogP contribution in [0.5, 0.6) is 0 Å². The maximum atomic E-state index is 13.1. The van der Waals surface area contributed by atoms with Crippen molar-refractivity contribution >= 4 is 17.5 Å². The van der Waals surface area contributed by atoms with E-state index in [1.165, 1.54) is 11.8 Å². The van der Waals surface area contributed by atoms with E-state index in [2.05, 4.69) is 4.98 Å². The summed E-state index contributed by atoms with van der Waals surface area (Å²) in [5, 5.41) is 0. The summed E-state index contributed by atoms with van der Waals surface area (Å²) in [6, 6.07) is 11.2. The van der Waals surface area contributed by atoms with Crippen molar-refractivity contribution < 1.29 is 19.1 Å². The van der Waals surface area contributed by atoms with Crippen molar-refractivity contribution in [2.45, 2.75) is 25.0 Å². The van der Waals surface area contributed by atoms with E-state index in [9.17, 15) is 9.59 Å². The number of pyridine rings is 1. The predicted molar refractivity (Wildman–Crippen MR) is 106 cm³/mol. The van der Waals surface area contributed by atoms with Crippen LogP contribution in [0.1, 0.15) is 39.3 Å². The first kappa shape index (κ1) is 18.3. The number of carbonyl (C=O) groups is 2. The fourth-order valence-corrected chi connectivity index (χ4v) is 4.38. The summed E-state index contributed by atoms with van der Waals surface area (Å²) in [6.45, 7) is 2.98. The van der Waals surface area contributed by atoms with E-state index >= 15 is 0 Å². The number of aromatic nitrogens is 1. The Morgan fingerprint density at radius 1 is 0.966 bits per heavy atom. The third-order valence-corrected chi connectivity index (χ3v) is 5.98. The molecule has 0 radical (unpaired) electrons. The predicted octanol–water partition coefficient (Wildman–Crippen LogP) is 2.26. The van der Waals surface area contributed by atoms with Gasteiger partial charge in [-0.2, -0.15) is 0 Å². The number of benzene rings is 1. The van der Waals surface area contributed by atoms with Crippen molar-refractivity contribution in [1.82, 2.24) is 9.88 Å². The molecule has 2 aromatic rings. The van der Waals surface area contributed by atoms with E-state index in [1.54, 1.807) is 21.9 Å². The molecule has 7 heteroatoms. The van der Waals surface area contributed by atoms with Crippen molar-refractivity contribution in [3.63, 3.8) is 0 Å². The van der Waals surface area contributed by atoms with Gasteiger partial charge in [-0.3, -0.25) is 14.6 Å². The number of amides is 2. The molecule has 1 aromatic heterocycles. The molecule has 0 saturated carbocycles. The van der Waals surface area contributed by atoms with Gasteiger partial charge >= 0.3 is 0 Å². The molecule has 0 N–H and O–H groups in total. The van der Waals surface area contributed by atoms with Crippen LogP contribution >= 0.6 is 0 Å². The minimum Gasteiger partial charge on any atom is -0.347 e. The van der Waals surface area contributed by atoms with E-state index in [0.29, 0.717) is 56.9 Å². The molecule has 1 aromatic carbocycles. The maximum absolute atomic E-state index is 13.1. The smallest absolute Gasteiger partial charge is 0.272 e. The summed E-state index contributed by atoms with van der Waals surface area (Å²) in [5.74, 6) is -0.781. The molecular formula is C22H23N3O4. The van der Waals surface area contributed by atoms with Crippen LogP contribution in [0.15, 0.2) is 42.6 Å². The number of rotatable bonds is 2. The Kier molecular flexibility index (Phi) is 4.56. The molecule has 2 saturated heterocycles. The second kappa shape index (κ2) is 7.24. The van der Waals surface area contributed by atoms with Crippen LogP contribution < -0.4 is 4.90 Å². The van der Waals surface area contributed by atoms with Crippen LogP contribution in [0, 0.1) is 0 Å². The van der Waals surface area contributed by atoms with E-state index in [0.717, 1.165) is 12.1 Å².